The molecule has 2 amide bonds. The minimum Gasteiger partial charge on any atom is -0.458 e. The molecule has 1 unspecified atom stereocenters. The van der Waals surface area contributed by atoms with Gasteiger partial charge in [0.15, 0.2) is 24.1 Å². The number of carbonyl (C=O) groups excluding carboxylic acids is 5. The van der Waals surface area contributed by atoms with Crippen molar-refractivity contribution in [2.45, 2.75) is 84.1 Å². The largest absolute Gasteiger partial charge is 0.458 e. The standard InChI is InChI=1S/C18H25NO10/c1-9(14(22)29-19-10(20)7-8-11(19)21)25-15(23)12-13(27-18(5,6)26-12)16(24)28-17(2,3)4/h9,12-13H,7-8H2,1-6H3/t9?,12-,13-/m0/s1. The zero-order valence-corrected chi connectivity index (χ0v) is 17.2. The number of esters is 2. The fourth-order valence-corrected chi connectivity index (χ4v) is 2.58. The Bertz CT molecular complexity index is 707. The van der Waals surface area contributed by atoms with Crippen molar-refractivity contribution in [1.29, 1.82) is 0 Å². The molecule has 2 aliphatic rings. The van der Waals surface area contributed by atoms with E-state index in [9.17, 15) is 24.0 Å². The third-order valence-corrected chi connectivity index (χ3v) is 3.78. The third-order valence-electron chi connectivity index (χ3n) is 3.78. The van der Waals surface area contributed by atoms with Crippen LogP contribution < -0.4 is 0 Å². The first-order chi connectivity index (χ1) is 13.2. The quantitative estimate of drug-likeness (QED) is 0.458. The van der Waals surface area contributed by atoms with E-state index in [-0.39, 0.29) is 12.8 Å². The minimum absolute atomic E-state index is 0.0693. The number of imide groups is 1. The van der Waals surface area contributed by atoms with Gasteiger partial charge in [0, 0.05) is 12.8 Å². The molecular weight excluding hydrogens is 390 g/mol. The fourth-order valence-electron chi connectivity index (χ4n) is 2.58. The third kappa shape index (κ3) is 5.73. The Kier molecular flexibility index (Phi) is 6.33. The normalized spacial score (nSPS) is 25.0. The first kappa shape index (κ1) is 22.8. The number of hydrogen-bond donors (Lipinski definition) is 0. The fraction of sp³-hybridized carbons (Fsp3) is 0.722. The number of nitrogens with zero attached hydrogens (tertiary/aromatic N) is 1. The maximum absolute atomic E-state index is 12.5. The van der Waals surface area contributed by atoms with Gasteiger partial charge in [-0.1, -0.05) is 0 Å². The maximum Gasteiger partial charge on any atom is 0.373 e. The SMILES string of the molecule is CC(OC(=O)[C@H]1OC(C)(C)O[C@@H]1C(=O)OC(C)(C)C)C(=O)ON1C(=O)CCC1=O. The molecule has 0 aliphatic carbocycles. The van der Waals surface area contributed by atoms with E-state index < -0.39 is 59.4 Å². The van der Waals surface area contributed by atoms with Crippen LogP contribution in [0.1, 0.15) is 54.4 Å². The van der Waals surface area contributed by atoms with Crippen LogP contribution >= 0.6 is 0 Å². The average molecular weight is 415 g/mol. The molecule has 162 valence electrons. The molecule has 2 heterocycles. The lowest BCUT2D eigenvalue weighted by Gasteiger charge is -2.23. The molecule has 29 heavy (non-hydrogen) atoms. The van der Waals surface area contributed by atoms with E-state index in [1.807, 2.05) is 0 Å². The van der Waals surface area contributed by atoms with Crippen molar-refractivity contribution in [2.24, 2.45) is 0 Å². The van der Waals surface area contributed by atoms with Crippen LogP contribution in [0.15, 0.2) is 0 Å². The number of ether oxygens (including phenoxy) is 4. The topological polar surface area (TPSA) is 135 Å². The molecule has 0 aromatic heterocycles. The lowest BCUT2D eigenvalue weighted by molar-refractivity contribution is -0.207. The Morgan fingerprint density at radius 3 is 2.00 bits per heavy atom. The number of hydroxylamine groups is 2. The molecule has 0 saturated carbocycles. The summed E-state index contributed by atoms with van der Waals surface area (Å²) in [5.41, 5.74) is -0.826. The highest BCUT2D eigenvalue weighted by Crippen LogP contribution is 2.31. The van der Waals surface area contributed by atoms with Crippen molar-refractivity contribution < 1.29 is 47.8 Å². The Hall–Kier alpha value is -2.53. The van der Waals surface area contributed by atoms with E-state index in [1.165, 1.54) is 20.8 Å². The van der Waals surface area contributed by atoms with E-state index in [2.05, 4.69) is 0 Å². The number of hydrogen-bond acceptors (Lipinski definition) is 10. The van der Waals surface area contributed by atoms with E-state index in [4.69, 9.17) is 23.8 Å². The van der Waals surface area contributed by atoms with Crippen molar-refractivity contribution in [2.75, 3.05) is 0 Å². The van der Waals surface area contributed by atoms with Gasteiger partial charge in [-0.3, -0.25) is 9.59 Å². The zero-order valence-electron chi connectivity index (χ0n) is 17.2. The van der Waals surface area contributed by atoms with Gasteiger partial charge < -0.3 is 23.8 Å². The molecule has 0 bridgehead atoms. The second-order valence-corrected chi connectivity index (χ2v) is 8.08. The summed E-state index contributed by atoms with van der Waals surface area (Å²) in [6.07, 6.45) is -4.50. The van der Waals surface area contributed by atoms with Crippen LogP contribution in [0.3, 0.4) is 0 Å². The Morgan fingerprint density at radius 2 is 1.52 bits per heavy atom. The lowest BCUT2D eigenvalue weighted by Crippen LogP contribution is -2.44. The van der Waals surface area contributed by atoms with Gasteiger partial charge in [-0.15, -0.1) is 5.06 Å². The summed E-state index contributed by atoms with van der Waals surface area (Å²) < 4.78 is 21.1. The summed E-state index contributed by atoms with van der Waals surface area (Å²) in [5.74, 6) is -5.62. The molecule has 0 N–H and O–H groups in total. The Labute approximate surface area is 167 Å². The van der Waals surface area contributed by atoms with Crippen LogP contribution in [0, 0.1) is 0 Å². The molecule has 0 spiro atoms. The first-order valence-electron chi connectivity index (χ1n) is 9.07. The molecule has 2 rings (SSSR count). The van der Waals surface area contributed by atoms with Gasteiger partial charge in [-0.25, -0.2) is 14.4 Å². The predicted molar refractivity (Wildman–Crippen MR) is 92.4 cm³/mol. The second-order valence-electron chi connectivity index (χ2n) is 8.08. The molecule has 2 fully saturated rings. The van der Waals surface area contributed by atoms with Gasteiger partial charge in [0.1, 0.15) is 5.60 Å². The number of rotatable bonds is 5. The molecule has 0 aromatic rings. The molecule has 11 nitrogen and oxygen atoms in total. The molecule has 11 heteroatoms. The summed E-state index contributed by atoms with van der Waals surface area (Å²) in [7, 11) is 0. The summed E-state index contributed by atoms with van der Waals surface area (Å²) in [6, 6.07) is 0. The molecule has 3 atom stereocenters. The van der Waals surface area contributed by atoms with Crippen LogP contribution in [0.2, 0.25) is 0 Å². The van der Waals surface area contributed by atoms with Crippen molar-refractivity contribution in [3.63, 3.8) is 0 Å². The summed E-state index contributed by atoms with van der Waals surface area (Å²) >= 11 is 0. The molecule has 0 radical (unpaired) electrons. The number of amides is 2. The first-order valence-corrected chi connectivity index (χ1v) is 9.07. The number of carbonyl (C=O) groups is 5. The summed E-state index contributed by atoms with van der Waals surface area (Å²) in [4.78, 5) is 64.7. The van der Waals surface area contributed by atoms with Crippen LogP contribution in [0.5, 0.6) is 0 Å². The van der Waals surface area contributed by atoms with Crippen LogP contribution in [-0.4, -0.2) is 64.5 Å². The molecule has 2 saturated heterocycles. The summed E-state index contributed by atoms with van der Waals surface area (Å²) in [5, 5.41) is 0.342. The highest BCUT2D eigenvalue weighted by atomic mass is 16.8. The smallest absolute Gasteiger partial charge is 0.373 e. The van der Waals surface area contributed by atoms with E-state index >= 15 is 0 Å². The van der Waals surface area contributed by atoms with Gasteiger partial charge >= 0.3 is 17.9 Å². The predicted octanol–water partition coefficient (Wildman–Crippen LogP) is 0.387. The Morgan fingerprint density at radius 1 is 1.03 bits per heavy atom. The highest BCUT2D eigenvalue weighted by Gasteiger charge is 2.52. The van der Waals surface area contributed by atoms with Crippen molar-refractivity contribution in [3.8, 4) is 0 Å². The van der Waals surface area contributed by atoms with E-state index in [1.54, 1.807) is 20.8 Å². The van der Waals surface area contributed by atoms with E-state index in [0.29, 0.717) is 5.06 Å². The second kappa shape index (κ2) is 8.07. The average Bonchev–Trinajstić information content (AvgIpc) is 3.06. The van der Waals surface area contributed by atoms with Crippen molar-refractivity contribution >= 4 is 29.7 Å². The monoisotopic (exact) mass is 415 g/mol. The van der Waals surface area contributed by atoms with Crippen LogP contribution in [0.25, 0.3) is 0 Å². The van der Waals surface area contributed by atoms with Gasteiger partial charge in [0.25, 0.3) is 11.8 Å². The molecule has 0 aromatic carbocycles. The van der Waals surface area contributed by atoms with Crippen LogP contribution in [-0.2, 0) is 47.8 Å². The lowest BCUT2D eigenvalue weighted by atomic mass is 10.1. The molecular formula is C18H25NO10. The minimum atomic E-state index is -1.48. The molecule has 2 aliphatic heterocycles. The van der Waals surface area contributed by atoms with Crippen LogP contribution in [0.4, 0.5) is 0 Å². The maximum atomic E-state index is 12.5. The summed E-state index contributed by atoms with van der Waals surface area (Å²) in [6.45, 7) is 9.14. The van der Waals surface area contributed by atoms with Crippen molar-refractivity contribution in [3.05, 3.63) is 0 Å². The van der Waals surface area contributed by atoms with E-state index in [0.717, 1.165) is 0 Å². The van der Waals surface area contributed by atoms with Gasteiger partial charge in [0.05, 0.1) is 0 Å². The Balaban J connectivity index is 2.02. The van der Waals surface area contributed by atoms with Gasteiger partial charge in [-0.05, 0) is 41.5 Å². The van der Waals surface area contributed by atoms with Gasteiger partial charge in [0.2, 0.25) is 0 Å². The highest BCUT2D eigenvalue weighted by molar-refractivity contribution is 6.01. The zero-order chi connectivity index (χ0) is 22.1. The van der Waals surface area contributed by atoms with Gasteiger partial charge in [-0.2, -0.15) is 0 Å². The van der Waals surface area contributed by atoms with Crippen molar-refractivity contribution in [1.82, 2.24) is 5.06 Å².